The van der Waals surface area contributed by atoms with Crippen molar-refractivity contribution in [2.75, 3.05) is 0 Å². The van der Waals surface area contributed by atoms with Gasteiger partial charge >= 0.3 is 68.3 Å². The van der Waals surface area contributed by atoms with Gasteiger partial charge in [-0.3, -0.25) is 0 Å². The van der Waals surface area contributed by atoms with Gasteiger partial charge in [-0.25, -0.2) is 0 Å². The SMILES string of the molecule is [Fe+2].[Na+].[O-2].[Ti+4]. The molecule has 0 aromatic rings. The smallest absolute Gasteiger partial charge is 2.00 e. The first-order valence-corrected chi connectivity index (χ1v) is 0. The van der Waals surface area contributed by atoms with Gasteiger partial charge in [-0.05, 0) is 0 Å². The molecule has 0 aromatic carbocycles. The van der Waals surface area contributed by atoms with Crippen LogP contribution in [0.4, 0.5) is 0 Å². The molecule has 0 aliphatic rings. The van der Waals surface area contributed by atoms with Crippen LogP contribution in [0.5, 0.6) is 0 Å². The second-order valence-corrected chi connectivity index (χ2v) is 0. The standard InChI is InChI=1S/Fe.Na.O.Ti/q+2;+1;-2;+4. The fourth-order valence-corrected chi connectivity index (χ4v) is 0. The molecule has 4 heteroatoms. The van der Waals surface area contributed by atoms with E-state index >= 15 is 0 Å². The molecule has 0 heterocycles. The van der Waals surface area contributed by atoms with Gasteiger partial charge in [0.1, 0.15) is 0 Å². The Balaban J connectivity index is 0. The maximum Gasteiger partial charge on any atom is 4.00 e. The first-order valence-electron chi connectivity index (χ1n) is 0. The molecule has 14 valence electrons. The van der Waals surface area contributed by atoms with Gasteiger partial charge in [0.05, 0.1) is 0 Å². The van der Waals surface area contributed by atoms with Crippen molar-refractivity contribution in [1.82, 2.24) is 0 Å². The summed E-state index contributed by atoms with van der Waals surface area (Å²) in [4.78, 5) is 0. The summed E-state index contributed by atoms with van der Waals surface area (Å²) < 4.78 is 0. The summed E-state index contributed by atoms with van der Waals surface area (Å²) in [6.07, 6.45) is 0. The molecule has 0 N–H and O–H groups in total. The number of hydrogen-bond acceptors (Lipinski definition) is 0. The van der Waals surface area contributed by atoms with E-state index in [2.05, 4.69) is 0 Å². The first-order chi connectivity index (χ1) is 0. The van der Waals surface area contributed by atoms with E-state index in [4.69, 9.17) is 0 Å². The zero-order valence-electron chi connectivity index (χ0n) is 2.26. The normalized spacial score (nSPS) is 0. The predicted octanol–water partition coefficient (Wildman–Crippen LogP) is -3.12. The van der Waals surface area contributed by atoms with Crippen molar-refractivity contribution in [2.45, 2.75) is 0 Å². The molecule has 0 aromatic heterocycles. The van der Waals surface area contributed by atoms with Crippen LogP contribution in [0.15, 0.2) is 0 Å². The monoisotopic (exact) mass is 143 g/mol. The molecule has 0 fully saturated rings. The molecule has 4 heavy (non-hydrogen) atoms. The third-order valence-electron chi connectivity index (χ3n) is 0. The van der Waals surface area contributed by atoms with Crippen LogP contribution in [0.1, 0.15) is 0 Å². The minimum absolute atomic E-state index is 0. The van der Waals surface area contributed by atoms with E-state index < -0.39 is 0 Å². The van der Waals surface area contributed by atoms with Crippen molar-refractivity contribution >= 4 is 0 Å². The molecule has 0 unspecified atom stereocenters. The van der Waals surface area contributed by atoms with Crippen LogP contribution in [0, 0.1) is 0 Å². The van der Waals surface area contributed by atoms with E-state index in [9.17, 15) is 0 Å². The zero-order chi connectivity index (χ0) is 0. The van der Waals surface area contributed by atoms with Gasteiger partial charge in [0.2, 0.25) is 0 Å². The maximum absolute atomic E-state index is 0. The van der Waals surface area contributed by atoms with Crippen molar-refractivity contribution in [3.63, 3.8) is 0 Å². The molecule has 0 aliphatic carbocycles. The average Bonchev–Trinajstić information content (AvgIpc) is 0. The third-order valence-corrected chi connectivity index (χ3v) is 0. The third kappa shape index (κ3) is 8.89. The Hall–Kier alpha value is 2.19. The molecule has 0 bridgehead atoms. The van der Waals surface area contributed by atoms with Crippen LogP contribution in [-0.4, -0.2) is 0 Å². The van der Waals surface area contributed by atoms with E-state index in [0.717, 1.165) is 0 Å². The summed E-state index contributed by atoms with van der Waals surface area (Å²) in [5.74, 6) is 0. The topological polar surface area (TPSA) is 28.5 Å². The molecule has 0 saturated heterocycles. The Morgan fingerprint density at radius 3 is 1.00 bits per heavy atom. The van der Waals surface area contributed by atoms with Gasteiger partial charge in [0.25, 0.3) is 0 Å². The van der Waals surface area contributed by atoms with Crippen molar-refractivity contribution in [3.05, 3.63) is 0 Å². The van der Waals surface area contributed by atoms with E-state index in [1.807, 2.05) is 0 Å². The minimum atomic E-state index is 0. The maximum atomic E-state index is 0. The fraction of sp³-hybridized carbons (Fsp3) is 0. The predicted molar refractivity (Wildman–Crippen MR) is 0.686 cm³/mol. The fourth-order valence-electron chi connectivity index (χ4n) is 0. The zero-order valence-corrected chi connectivity index (χ0v) is 6.93. The average molecular weight is 143 g/mol. The molecule has 0 atom stereocenters. The van der Waals surface area contributed by atoms with Crippen molar-refractivity contribution in [3.8, 4) is 0 Å². The Labute approximate surface area is 72.9 Å². The number of rotatable bonds is 0. The van der Waals surface area contributed by atoms with Crippen molar-refractivity contribution in [2.24, 2.45) is 0 Å². The molecule has 0 rings (SSSR count). The molecule has 0 radical (unpaired) electrons. The quantitative estimate of drug-likeness (QED) is 0.321. The van der Waals surface area contributed by atoms with Crippen molar-refractivity contribution in [1.29, 1.82) is 0 Å². The molecular formula is FeNaOTi+5. The number of hydrogen-bond donors (Lipinski definition) is 0. The molecule has 0 spiro atoms. The van der Waals surface area contributed by atoms with Gasteiger partial charge in [0, 0.05) is 0 Å². The first kappa shape index (κ1) is 34.7. The van der Waals surface area contributed by atoms with E-state index in [1.165, 1.54) is 0 Å². The Bertz CT molecular complexity index is 8.00. The molecule has 0 amide bonds. The van der Waals surface area contributed by atoms with Gasteiger partial charge in [0.15, 0.2) is 0 Å². The van der Waals surface area contributed by atoms with Crippen LogP contribution >= 0.6 is 0 Å². The molecular weight excluding hydrogens is 143 g/mol. The van der Waals surface area contributed by atoms with E-state index in [0.29, 0.717) is 0 Å². The molecule has 0 saturated carbocycles. The summed E-state index contributed by atoms with van der Waals surface area (Å²) in [5.41, 5.74) is 0. The second-order valence-electron chi connectivity index (χ2n) is 0. The Morgan fingerprint density at radius 2 is 1.00 bits per heavy atom. The summed E-state index contributed by atoms with van der Waals surface area (Å²) in [5, 5.41) is 0. The summed E-state index contributed by atoms with van der Waals surface area (Å²) in [6.45, 7) is 0. The Morgan fingerprint density at radius 1 is 1.00 bits per heavy atom. The van der Waals surface area contributed by atoms with Gasteiger partial charge < -0.3 is 5.48 Å². The van der Waals surface area contributed by atoms with Gasteiger partial charge in [-0.2, -0.15) is 0 Å². The second kappa shape index (κ2) is 19.0. The van der Waals surface area contributed by atoms with Crippen LogP contribution in [0.2, 0.25) is 0 Å². The molecule has 1 nitrogen and oxygen atoms in total. The summed E-state index contributed by atoms with van der Waals surface area (Å²) in [7, 11) is 0. The summed E-state index contributed by atoms with van der Waals surface area (Å²) >= 11 is 0. The minimum Gasteiger partial charge on any atom is -2.00 e. The van der Waals surface area contributed by atoms with Crippen LogP contribution in [0.3, 0.4) is 0 Å². The largest absolute Gasteiger partial charge is 4.00 e. The van der Waals surface area contributed by atoms with Gasteiger partial charge in [-0.1, -0.05) is 0 Å². The summed E-state index contributed by atoms with van der Waals surface area (Å²) in [6, 6.07) is 0. The van der Waals surface area contributed by atoms with E-state index in [1.54, 1.807) is 0 Å². The van der Waals surface area contributed by atoms with E-state index in [-0.39, 0.29) is 73.8 Å². The van der Waals surface area contributed by atoms with Gasteiger partial charge in [-0.15, -0.1) is 0 Å². The van der Waals surface area contributed by atoms with Crippen LogP contribution in [-0.2, 0) is 44.3 Å². The van der Waals surface area contributed by atoms with Crippen molar-refractivity contribution < 1.29 is 73.8 Å². The van der Waals surface area contributed by atoms with Crippen LogP contribution < -0.4 is 29.6 Å². The molecule has 0 aliphatic heterocycles. The van der Waals surface area contributed by atoms with Crippen LogP contribution in [0.25, 0.3) is 0 Å². The Kier molecular flexibility index (Phi) is 165.